The topological polar surface area (TPSA) is 84.3 Å². The number of hydrogen-bond donors (Lipinski definition) is 2. The maximum Gasteiger partial charge on any atom is 0.272 e. The molecular formula is C13H17N3O3. The first kappa shape index (κ1) is 13.5. The second-order valence-corrected chi connectivity index (χ2v) is 4.69. The van der Waals surface area contributed by atoms with E-state index in [-0.39, 0.29) is 17.6 Å². The zero-order chi connectivity index (χ0) is 13.8. The number of amides is 1. The molecule has 0 aliphatic carbocycles. The van der Waals surface area contributed by atoms with Crippen molar-refractivity contribution in [3.05, 3.63) is 39.4 Å². The summed E-state index contributed by atoms with van der Waals surface area (Å²) in [6.45, 7) is 2.89. The number of nitrogens with one attached hydrogen (secondary N) is 2. The second kappa shape index (κ2) is 5.79. The van der Waals surface area contributed by atoms with Gasteiger partial charge in [0.05, 0.1) is 11.0 Å². The van der Waals surface area contributed by atoms with Crippen LogP contribution in [-0.4, -0.2) is 23.4 Å². The summed E-state index contributed by atoms with van der Waals surface area (Å²) in [5.41, 5.74) is 1.47. The van der Waals surface area contributed by atoms with Gasteiger partial charge in [0, 0.05) is 18.2 Å². The summed E-state index contributed by atoms with van der Waals surface area (Å²) in [5, 5.41) is 16.8. The number of rotatable bonds is 4. The number of nitro benzene ring substituents is 1. The van der Waals surface area contributed by atoms with Gasteiger partial charge in [0.2, 0.25) is 5.91 Å². The van der Waals surface area contributed by atoms with Gasteiger partial charge in [-0.25, -0.2) is 0 Å². The molecule has 1 heterocycles. The zero-order valence-electron chi connectivity index (χ0n) is 10.8. The molecule has 2 rings (SSSR count). The van der Waals surface area contributed by atoms with Crippen LogP contribution in [-0.2, 0) is 11.3 Å². The molecule has 1 amide bonds. The first-order valence-corrected chi connectivity index (χ1v) is 6.33. The van der Waals surface area contributed by atoms with E-state index in [1.165, 1.54) is 6.07 Å². The van der Waals surface area contributed by atoms with Crippen LogP contribution in [0.3, 0.4) is 0 Å². The Kier molecular flexibility index (Phi) is 4.11. The van der Waals surface area contributed by atoms with E-state index in [1.54, 1.807) is 19.1 Å². The highest BCUT2D eigenvalue weighted by Gasteiger charge is 2.22. The molecule has 0 radical (unpaired) electrons. The number of benzene rings is 1. The smallest absolute Gasteiger partial charge is 0.272 e. The maximum absolute atomic E-state index is 11.8. The summed E-state index contributed by atoms with van der Waals surface area (Å²) in [7, 11) is 0. The average molecular weight is 263 g/mol. The van der Waals surface area contributed by atoms with Crippen LogP contribution in [0, 0.1) is 17.0 Å². The summed E-state index contributed by atoms with van der Waals surface area (Å²) >= 11 is 0. The number of hydrogen-bond acceptors (Lipinski definition) is 4. The Morgan fingerprint density at radius 1 is 1.58 bits per heavy atom. The van der Waals surface area contributed by atoms with E-state index in [2.05, 4.69) is 10.6 Å². The first-order valence-electron chi connectivity index (χ1n) is 6.33. The van der Waals surface area contributed by atoms with Crippen LogP contribution >= 0.6 is 0 Å². The SMILES string of the molecule is Cc1c(CNC(=O)[C@@H]2CCCN2)cccc1[N+](=O)[O-]. The Bertz CT molecular complexity index is 496. The average Bonchev–Trinajstić information content (AvgIpc) is 2.90. The number of nitro groups is 1. The van der Waals surface area contributed by atoms with E-state index in [0.29, 0.717) is 12.1 Å². The third-order valence-corrected chi connectivity index (χ3v) is 3.44. The van der Waals surface area contributed by atoms with Crippen molar-refractivity contribution in [2.75, 3.05) is 6.54 Å². The van der Waals surface area contributed by atoms with Gasteiger partial charge in [0.25, 0.3) is 5.69 Å². The molecule has 0 aromatic heterocycles. The fraction of sp³-hybridized carbons (Fsp3) is 0.462. The molecular weight excluding hydrogens is 246 g/mol. The molecule has 0 bridgehead atoms. The van der Waals surface area contributed by atoms with Crippen LogP contribution in [0.2, 0.25) is 0 Å². The fourth-order valence-electron chi connectivity index (χ4n) is 2.27. The molecule has 0 unspecified atom stereocenters. The quantitative estimate of drug-likeness (QED) is 0.633. The van der Waals surface area contributed by atoms with Crippen LogP contribution in [0.5, 0.6) is 0 Å². The number of nitrogens with zero attached hydrogens (tertiary/aromatic N) is 1. The van der Waals surface area contributed by atoms with Crippen LogP contribution in [0.15, 0.2) is 18.2 Å². The summed E-state index contributed by atoms with van der Waals surface area (Å²) in [4.78, 5) is 22.3. The van der Waals surface area contributed by atoms with Crippen LogP contribution < -0.4 is 10.6 Å². The summed E-state index contributed by atoms with van der Waals surface area (Å²) in [6, 6.07) is 4.78. The van der Waals surface area contributed by atoms with Crippen molar-refractivity contribution in [3.8, 4) is 0 Å². The molecule has 19 heavy (non-hydrogen) atoms. The van der Waals surface area contributed by atoms with E-state index in [1.807, 2.05) is 0 Å². The molecule has 1 aromatic rings. The normalized spacial score (nSPS) is 18.3. The van der Waals surface area contributed by atoms with Crippen molar-refractivity contribution in [3.63, 3.8) is 0 Å². The Labute approximate surface area is 111 Å². The van der Waals surface area contributed by atoms with Gasteiger partial charge >= 0.3 is 0 Å². The third-order valence-electron chi connectivity index (χ3n) is 3.44. The molecule has 6 nitrogen and oxygen atoms in total. The van der Waals surface area contributed by atoms with E-state index >= 15 is 0 Å². The standard InChI is InChI=1S/C13H17N3O3/c1-9-10(4-2-6-12(9)16(18)19)8-15-13(17)11-5-3-7-14-11/h2,4,6,11,14H,3,5,7-8H2,1H3,(H,15,17)/t11-/m0/s1. The predicted octanol–water partition coefficient (Wildman–Crippen LogP) is 1.27. The highest BCUT2D eigenvalue weighted by molar-refractivity contribution is 5.82. The minimum Gasteiger partial charge on any atom is -0.351 e. The molecule has 1 saturated heterocycles. The van der Waals surface area contributed by atoms with Crippen molar-refractivity contribution in [2.45, 2.75) is 32.4 Å². The lowest BCUT2D eigenvalue weighted by molar-refractivity contribution is -0.385. The molecule has 1 aromatic carbocycles. The van der Waals surface area contributed by atoms with Gasteiger partial charge < -0.3 is 10.6 Å². The second-order valence-electron chi connectivity index (χ2n) is 4.69. The first-order chi connectivity index (χ1) is 9.09. The molecule has 1 aliphatic heterocycles. The fourth-order valence-corrected chi connectivity index (χ4v) is 2.27. The van der Waals surface area contributed by atoms with Crippen molar-refractivity contribution < 1.29 is 9.72 Å². The van der Waals surface area contributed by atoms with Crippen molar-refractivity contribution >= 4 is 11.6 Å². The Balaban J connectivity index is 2.01. The van der Waals surface area contributed by atoms with E-state index < -0.39 is 4.92 Å². The van der Waals surface area contributed by atoms with Gasteiger partial charge in [-0.1, -0.05) is 12.1 Å². The van der Waals surface area contributed by atoms with Crippen LogP contribution in [0.4, 0.5) is 5.69 Å². The highest BCUT2D eigenvalue weighted by Crippen LogP contribution is 2.20. The number of carbonyl (C=O) groups is 1. The van der Waals surface area contributed by atoms with Gasteiger partial charge in [0.1, 0.15) is 0 Å². The molecule has 0 spiro atoms. The Morgan fingerprint density at radius 3 is 3.00 bits per heavy atom. The third kappa shape index (κ3) is 3.08. The monoisotopic (exact) mass is 263 g/mol. The summed E-state index contributed by atoms with van der Waals surface area (Å²) in [5.74, 6) is -0.0385. The Morgan fingerprint density at radius 2 is 2.37 bits per heavy atom. The van der Waals surface area contributed by atoms with Crippen molar-refractivity contribution in [1.82, 2.24) is 10.6 Å². The molecule has 6 heteroatoms. The van der Waals surface area contributed by atoms with Gasteiger partial charge in [-0.3, -0.25) is 14.9 Å². The van der Waals surface area contributed by atoms with E-state index in [0.717, 1.165) is 24.9 Å². The minimum atomic E-state index is -0.404. The molecule has 1 atom stereocenters. The lowest BCUT2D eigenvalue weighted by atomic mass is 10.1. The Hall–Kier alpha value is -1.95. The van der Waals surface area contributed by atoms with Gasteiger partial charge in [0.15, 0.2) is 0 Å². The van der Waals surface area contributed by atoms with Crippen LogP contribution in [0.1, 0.15) is 24.0 Å². The summed E-state index contributed by atoms with van der Waals surface area (Å²) < 4.78 is 0. The molecule has 102 valence electrons. The summed E-state index contributed by atoms with van der Waals surface area (Å²) in [6.07, 6.45) is 1.85. The zero-order valence-corrected chi connectivity index (χ0v) is 10.8. The molecule has 1 aliphatic rings. The maximum atomic E-state index is 11.8. The van der Waals surface area contributed by atoms with Crippen LogP contribution in [0.25, 0.3) is 0 Å². The molecule has 1 fully saturated rings. The predicted molar refractivity (Wildman–Crippen MR) is 70.7 cm³/mol. The van der Waals surface area contributed by atoms with Crippen molar-refractivity contribution in [2.24, 2.45) is 0 Å². The highest BCUT2D eigenvalue weighted by atomic mass is 16.6. The molecule has 0 saturated carbocycles. The lowest BCUT2D eigenvalue weighted by Gasteiger charge is -2.12. The van der Waals surface area contributed by atoms with Crippen molar-refractivity contribution in [1.29, 1.82) is 0 Å². The largest absolute Gasteiger partial charge is 0.351 e. The van der Waals surface area contributed by atoms with Gasteiger partial charge in [-0.15, -0.1) is 0 Å². The van der Waals surface area contributed by atoms with Gasteiger partial charge in [-0.05, 0) is 31.9 Å². The van der Waals surface area contributed by atoms with E-state index in [4.69, 9.17) is 0 Å². The van der Waals surface area contributed by atoms with E-state index in [9.17, 15) is 14.9 Å². The minimum absolute atomic E-state index is 0.0385. The lowest BCUT2D eigenvalue weighted by Crippen LogP contribution is -2.40. The molecule has 2 N–H and O–H groups in total. The number of carbonyl (C=O) groups excluding carboxylic acids is 1. The van der Waals surface area contributed by atoms with Gasteiger partial charge in [-0.2, -0.15) is 0 Å².